The fourth-order valence-corrected chi connectivity index (χ4v) is 4.72. The molecule has 5 rings (SSSR count). The van der Waals surface area contributed by atoms with Gasteiger partial charge in [-0.2, -0.15) is 0 Å². The number of ketones is 1. The number of fused-ring (bicyclic) bond motifs is 1. The maximum absolute atomic E-state index is 13.4. The number of amides is 1. The molecule has 1 aromatic carbocycles. The van der Waals surface area contributed by atoms with Crippen LogP contribution in [0, 0.1) is 0 Å². The normalized spacial score (nSPS) is 16.3. The Morgan fingerprint density at radius 3 is 2.47 bits per heavy atom. The van der Waals surface area contributed by atoms with Crippen molar-refractivity contribution in [2.24, 2.45) is 0 Å². The van der Waals surface area contributed by atoms with E-state index < -0.39 is 0 Å². The van der Waals surface area contributed by atoms with Gasteiger partial charge in [0.05, 0.1) is 0 Å². The summed E-state index contributed by atoms with van der Waals surface area (Å²) >= 11 is 0. The van der Waals surface area contributed by atoms with Crippen LogP contribution in [0.5, 0.6) is 0 Å². The number of benzene rings is 1. The van der Waals surface area contributed by atoms with E-state index in [0.717, 1.165) is 60.4 Å². The van der Waals surface area contributed by atoms with E-state index in [1.54, 1.807) is 12.4 Å². The number of aryl methyl sites for hydroxylation is 1. The summed E-state index contributed by atoms with van der Waals surface area (Å²) in [6.45, 7) is 5.12. The van der Waals surface area contributed by atoms with Gasteiger partial charge in [-0.05, 0) is 49.8 Å². The van der Waals surface area contributed by atoms with Crippen LogP contribution in [-0.2, 0) is 6.42 Å². The molecule has 1 amide bonds. The van der Waals surface area contributed by atoms with Crippen LogP contribution in [-0.4, -0.2) is 84.7 Å². The summed E-state index contributed by atoms with van der Waals surface area (Å²) in [7, 11) is 4.15. The Hall–Kier alpha value is -3.29. The highest BCUT2D eigenvalue weighted by molar-refractivity contribution is 6.01. The summed E-state index contributed by atoms with van der Waals surface area (Å²) in [6.07, 6.45) is 4.76. The second-order valence-electron chi connectivity index (χ2n) is 9.32. The first-order valence-electron chi connectivity index (χ1n) is 11.9. The Bertz CT molecular complexity index is 1190. The zero-order chi connectivity index (χ0) is 23.7. The fraction of sp³-hybridized carbons (Fsp3) is 0.370. The number of nitrogens with zero attached hydrogens (tertiary/aromatic N) is 4. The highest BCUT2D eigenvalue weighted by atomic mass is 16.4. The van der Waals surface area contributed by atoms with Gasteiger partial charge >= 0.3 is 0 Å². The van der Waals surface area contributed by atoms with Crippen LogP contribution in [0.15, 0.2) is 53.2 Å². The number of carbonyl (C=O) groups is 2. The molecule has 3 aromatic rings. The van der Waals surface area contributed by atoms with Crippen molar-refractivity contribution in [3.05, 3.63) is 65.7 Å². The second kappa shape index (κ2) is 9.52. The number of carbonyl (C=O) groups excluding carboxylic acids is 2. The van der Waals surface area contributed by atoms with Gasteiger partial charge in [-0.3, -0.25) is 19.5 Å². The Morgan fingerprint density at radius 2 is 1.74 bits per heavy atom. The predicted octanol–water partition coefficient (Wildman–Crippen LogP) is 3.46. The van der Waals surface area contributed by atoms with Gasteiger partial charge in [0.15, 0.2) is 11.5 Å². The molecule has 2 aromatic heterocycles. The monoisotopic (exact) mass is 458 g/mol. The Labute approximate surface area is 200 Å². The van der Waals surface area contributed by atoms with E-state index in [2.05, 4.69) is 34.9 Å². The van der Waals surface area contributed by atoms with Gasteiger partial charge < -0.3 is 14.2 Å². The van der Waals surface area contributed by atoms with Crippen LogP contribution < -0.4 is 0 Å². The standard InChI is InChI=1S/C27H30N4O3/c1-29(2)11-12-30-13-15-31(16-14-30)27(33)25-18-23(26(34-25)19-7-9-28-10-8-19)21-3-5-22-20(17-21)4-6-24(22)32/h3,5,7-10,17-18H,4,6,11-16H2,1-2H3. The number of aromatic nitrogens is 1. The third-order valence-electron chi connectivity index (χ3n) is 6.75. The lowest BCUT2D eigenvalue weighted by Crippen LogP contribution is -2.49. The molecule has 0 unspecified atom stereocenters. The number of likely N-dealkylation sites (N-methyl/N-ethyl adjacent to an activating group) is 1. The van der Waals surface area contributed by atoms with Crippen molar-refractivity contribution in [2.75, 3.05) is 53.4 Å². The Balaban J connectivity index is 1.42. The molecule has 1 aliphatic carbocycles. The summed E-state index contributed by atoms with van der Waals surface area (Å²) < 4.78 is 6.21. The SMILES string of the molecule is CN(C)CCN1CCN(C(=O)c2cc(-c3ccc4c(c3)CCC4=O)c(-c3ccncc3)o2)CC1. The van der Waals surface area contributed by atoms with Crippen molar-refractivity contribution in [3.8, 4) is 22.5 Å². The van der Waals surface area contributed by atoms with E-state index in [4.69, 9.17) is 4.42 Å². The molecule has 0 radical (unpaired) electrons. The lowest BCUT2D eigenvalue weighted by molar-refractivity contribution is 0.0600. The number of furan rings is 1. The molecule has 1 saturated heterocycles. The predicted molar refractivity (Wildman–Crippen MR) is 131 cm³/mol. The van der Waals surface area contributed by atoms with Crippen LogP contribution in [0.3, 0.4) is 0 Å². The summed E-state index contributed by atoms with van der Waals surface area (Å²) in [5.74, 6) is 1.12. The highest BCUT2D eigenvalue weighted by Gasteiger charge is 2.27. The van der Waals surface area contributed by atoms with Crippen LogP contribution in [0.4, 0.5) is 0 Å². The number of piperazine rings is 1. The molecule has 0 spiro atoms. The topological polar surface area (TPSA) is 69.9 Å². The van der Waals surface area contributed by atoms with Gasteiger partial charge in [0.2, 0.25) is 0 Å². The van der Waals surface area contributed by atoms with Crippen molar-refractivity contribution >= 4 is 11.7 Å². The van der Waals surface area contributed by atoms with Gasteiger partial charge in [0, 0.05) is 74.8 Å². The van der Waals surface area contributed by atoms with E-state index in [1.165, 1.54) is 0 Å². The minimum absolute atomic E-state index is 0.0786. The van der Waals surface area contributed by atoms with Gasteiger partial charge in [-0.25, -0.2) is 0 Å². The van der Waals surface area contributed by atoms with E-state index in [0.29, 0.717) is 31.0 Å². The summed E-state index contributed by atoms with van der Waals surface area (Å²) in [5.41, 5.74) is 4.55. The largest absolute Gasteiger partial charge is 0.450 e. The first-order valence-corrected chi connectivity index (χ1v) is 11.9. The Morgan fingerprint density at radius 1 is 0.971 bits per heavy atom. The Kier molecular flexibility index (Phi) is 6.30. The minimum atomic E-state index is -0.0786. The lowest BCUT2D eigenvalue weighted by atomic mass is 9.98. The van der Waals surface area contributed by atoms with E-state index in [-0.39, 0.29) is 11.7 Å². The average molecular weight is 459 g/mol. The molecule has 0 atom stereocenters. The average Bonchev–Trinajstić information content (AvgIpc) is 3.47. The molecule has 1 aliphatic heterocycles. The third-order valence-corrected chi connectivity index (χ3v) is 6.75. The van der Waals surface area contributed by atoms with Gasteiger partial charge in [0.1, 0.15) is 5.76 Å². The van der Waals surface area contributed by atoms with Gasteiger partial charge in [0.25, 0.3) is 5.91 Å². The quantitative estimate of drug-likeness (QED) is 0.564. The number of hydrogen-bond acceptors (Lipinski definition) is 6. The zero-order valence-electron chi connectivity index (χ0n) is 19.8. The van der Waals surface area contributed by atoms with Crippen LogP contribution in [0.2, 0.25) is 0 Å². The number of hydrogen-bond donors (Lipinski definition) is 0. The molecule has 0 saturated carbocycles. The molecule has 2 aliphatic rings. The molecule has 3 heterocycles. The van der Waals surface area contributed by atoms with Crippen LogP contribution in [0.1, 0.15) is 32.9 Å². The highest BCUT2D eigenvalue weighted by Crippen LogP contribution is 2.37. The van der Waals surface area contributed by atoms with Crippen molar-refractivity contribution in [2.45, 2.75) is 12.8 Å². The molecule has 176 valence electrons. The van der Waals surface area contributed by atoms with Crippen LogP contribution in [0.25, 0.3) is 22.5 Å². The molecule has 0 bridgehead atoms. The molecule has 7 nitrogen and oxygen atoms in total. The van der Waals surface area contributed by atoms with E-state index in [9.17, 15) is 9.59 Å². The molecule has 1 fully saturated rings. The first-order chi connectivity index (χ1) is 16.5. The first kappa shape index (κ1) is 22.5. The van der Waals surface area contributed by atoms with Gasteiger partial charge in [-0.1, -0.05) is 18.2 Å². The summed E-state index contributed by atoms with van der Waals surface area (Å²) in [6, 6.07) is 11.5. The smallest absolute Gasteiger partial charge is 0.289 e. The van der Waals surface area contributed by atoms with E-state index in [1.807, 2.05) is 35.2 Å². The summed E-state index contributed by atoms with van der Waals surface area (Å²) in [5, 5.41) is 0. The number of Topliss-reactive ketones (excluding diaryl/α,β-unsaturated/α-hetero) is 1. The molecule has 0 N–H and O–H groups in total. The molecular formula is C27H30N4O3. The van der Waals surface area contributed by atoms with Crippen molar-refractivity contribution in [3.63, 3.8) is 0 Å². The fourth-order valence-electron chi connectivity index (χ4n) is 4.72. The summed E-state index contributed by atoms with van der Waals surface area (Å²) in [4.78, 5) is 36.0. The van der Waals surface area contributed by atoms with Crippen molar-refractivity contribution in [1.82, 2.24) is 19.7 Å². The minimum Gasteiger partial charge on any atom is -0.450 e. The van der Waals surface area contributed by atoms with Crippen LogP contribution >= 0.6 is 0 Å². The van der Waals surface area contributed by atoms with Crippen molar-refractivity contribution < 1.29 is 14.0 Å². The maximum Gasteiger partial charge on any atom is 0.289 e. The second-order valence-corrected chi connectivity index (χ2v) is 9.32. The number of pyridine rings is 1. The zero-order valence-corrected chi connectivity index (χ0v) is 19.8. The maximum atomic E-state index is 13.4. The number of rotatable bonds is 6. The van der Waals surface area contributed by atoms with Crippen molar-refractivity contribution in [1.29, 1.82) is 0 Å². The lowest BCUT2D eigenvalue weighted by Gasteiger charge is -2.34. The molecule has 34 heavy (non-hydrogen) atoms. The molecule has 7 heteroatoms. The third kappa shape index (κ3) is 4.54. The van der Waals surface area contributed by atoms with E-state index >= 15 is 0 Å². The van der Waals surface area contributed by atoms with Gasteiger partial charge in [-0.15, -0.1) is 0 Å². The molecular weight excluding hydrogens is 428 g/mol.